The number of nitrogens with one attached hydrogen (secondary N) is 1. The molecule has 1 aromatic rings. The predicted molar refractivity (Wildman–Crippen MR) is 71.7 cm³/mol. The van der Waals surface area contributed by atoms with E-state index in [1.807, 2.05) is 6.92 Å². The first kappa shape index (κ1) is 13.0. The number of alkyl halides is 1. The number of halogens is 1. The molecule has 2 rings (SSSR count). The van der Waals surface area contributed by atoms with Crippen LogP contribution in [0.25, 0.3) is 0 Å². The summed E-state index contributed by atoms with van der Waals surface area (Å²) < 4.78 is 3.85. The van der Waals surface area contributed by atoms with Crippen LogP contribution in [-0.2, 0) is 6.42 Å². The van der Waals surface area contributed by atoms with Crippen LogP contribution >= 0.6 is 27.5 Å². The number of hydrogen-bond acceptors (Lipinski definition) is 4. The minimum atomic E-state index is -0.00491. The third-order valence-electron chi connectivity index (χ3n) is 3.27. The standard InChI is InChI=1S/C11H16BrN3OS/c1-2-8-10(17-15-14-8)11(16)13-9-5-3-4-7(9)6-12/h7,9H,2-6H2,1H3,(H,13,16). The molecule has 0 aromatic carbocycles. The van der Waals surface area contributed by atoms with Crippen LogP contribution in [0.2, 0.25) is 0 Å². The summed E-state index contributed by atoms with van der Waals surface area (Å²) in [6.07, 6.45) is 4.22. The fourth-order valence-corrected chi connectivity index (χ4v) is 3.69. The maximum Gasteiger partial charge on any atom is 0.265 e. The second-order valence-corrected chi connectivity index (χ2v) is 5.73. The highest BCUT2D eigenvalue weighted by Gasteiger charge is 2.28. The van der Waals surface area contributed by atoms with Crippen LogP contribution in [0.15, 0.2) is 0 Å². The third kappa shape index (κ3) is 2.85. The lowest BCUT2D eigenvalue weighted by atomic mass is 10.1. The third-order valence-corrected chi connectivity index (χ3v) is 4.87. The molecule has 6 heteroatoms. The molecule has 2 unspecified atom stereocenters. The van der Waals surface area contributed by atoms with E-state index in [2.05, 4.69) is 30.8 Å². The molecule has 1 N–H and O–H groups in total. The van der Waals surface area contributed by atoms with Gasteiger partial charge in [-0.05, 0) is 36.7 Å². The van der Waals surface area contributed by atoms with Crippen molar-refractivity contribution in [3.63, 3.8) is 0 Å². The van der Waals surface area contributed by atoms with Gasteiger partial charge in [-0.2, -0.15) is 0 Å². The molecule has 1 amide bonds. The van der Waals surface area contributed by atoms with Gasteiger partial charge in [0.1, 0.15) is 4.88 Å². The van der Waals surface area contributed by atoms with Crippen LogP contribution in [-0.4, -0.2) is 26.9 Å². The molecule has 1 heterocycles. The number of hydrogen-bond donors (Lipinski definition) is 1. The minimum absolute atomic E-state index is 0.00491. The van der Waals surface area contributed by atoms with Gasteiger partial charge in [0, 0.05) is 11.4 Å². The van der Waals surface area contributed by atoms with Crippen molar-refractivity contribution in [3.05, 3.63) is 10.6 Å². The monoisotopic (exact) mass is 317 g/mol. The van der Waals surface area contributed by atoms with Crippen molar-refractivity contribution >= 4 is 33.4 Å². The number of aryl methyl sites for hydroxylation is 1. The normalized spacial score (nSPS) is 23.9. The van der Waals surface area contributed by atoms with E-state index in [0.29, 0.717) is 16.8 Å². The molecule has 0 spiro atoms. The van der Waals surface area contributed by atoms with Gasteiger partial charge in [0.15, 0.2) is 0 Å². The number of amides is 1. The first-order valence-electron chi connectivity index (χ1n) is 5.94. The zero-order valence-corrected chi connectivity index (χ0v) is 12.2. The van der Waals surface area contributed by atoms with E-state index in [0.717, 1.165) is 23.9 Å². The quantitative estimate of drug-likeness (QED) is 0.867. The number of aromatic nitrogens is 2. The van der Waals surface area contributed by atoms with Crippen LogP contribution in [0, 0.1) is 5.92 Å². The molecule has 1 saturated carbocycles. The van der Waals surface area contributed by atoms with Crippen LogP contribution in [0.5, 0.6) is 0 Å². The Bertz CT molecular complexity index is 396. The summed E-state index contributed by atoms with van der Waals surface area (Å²) >= 11 is 4.70. The Morgan fingerprint density at radius 3 is 3.12 bits per heavy atom. The van der Waals surface area contributed by atoms with Crippen molar-refractivity contribution < 1.29 is 4.79 Å². The van der Waals surface area contributed by atoms with E-state index in [-0.39, 0.29) is 5.91 Å². The van der Waals surface area contributed by atoms with Gasteiger partial charge in [0.25, 0.3) is 5.91 Å². The highest BCUT2D eigenvalue weighted by Crippen LogP contribution is 2.27. The molecule has 0 radical (unpaired) electrons. The number of carbonyl (C=O) groups is 1. The van der Waals surface area contributed by atoms with Crippen molar-refractivity contribution in [2.45, 2.75) is 38.6 Å². The Hall–Kier alpha value is -0.490. The Morgan fingerprint density at radius 2 is 2.41 bits per heavy atom. The number of rotatable bonds is 4. The predicted octanol–water partition coefficient (Wildman–Crippen LogP) is 2.39. The van der Waals surface area contributed by atoms with E-state index in [1.165, 1.54) is 24.4 Å². The summed E-state index contributed by atoms with van der Waals surface area (Å²) in [5, 5.41) is 8.04. The van der Waals surface area contributed by atoms with Crippen LogP contribution in [0.1, 0.15) is 41.6 Å². The first-order valence-corrected chi connectivity index (χ1v) is 7.83. The number of carbonyl (C=O) groups excluding carboxylic acids is 1. The smallest absolute Gasteiger partial charge is 0.265 e. The molecule has 94 valence electrons. The van der Waals surface area contributed by atoms with E-state index >= 15 is 0 Å². The lowest BCUT2D eigenvalue weighted by Crippen LogP contribution is -2.37. The molecule has 1 aromatic heterocycles. The summed E-state index contributed by atoms with van der Waals surface area (Å²) in [5.74, 6) is 0.555. The molecule has 0 saturated heterocycles. The highest BCUT2D eigenvalue weighted by molar-refractivity contribution is 9.09. The van der Waals surface area contributed by atoms with E-state index in [4.69, 9.17) is 0 Å². The van der Waals surface area contributed by atoms with Gasteiger partial charge in [0.05, 0.1) is 5.69 Å². The molecular weight excluding hydrogens is 302 g/mol. The second-order valence-electron chi connectivity index (χ2n) is 4.33. The Balaban J connectivity index is 2.01. The maximum absolute atomic E-state index is 12.1. The second kappa shape index (κ2) is 5.91. The van der Waals surface area contributed by atoms with E-state index in [1.54, 1.807) is 0 Å². The van der Waals surface area contributed by atoms with Gasteiger partial charge >= 0.3 is 0 Å². The van der Waals surface area contributed by atoms with Crippen LogP contribution in [0.4, 0.5) is 0 Å². The van der Waals surface area contributed by atoms with Gasteiger partial charge in [-0.1, -0.05) is 33.8 Å². The fraction of sp³-hybridized carbons (Fsp3) is 0.727. The molecular formula is C11H16BrN3OS. The lowest BCUT2D eigenvalue weighted by molar-refractivity contribution is 0.0933. The Labute approximate surface area is 113 Å². The molecule has 0 aliphatic heterocycles. The van der Waals surface area contributed by atoms with Crippen LogP contribution in [0.3, 0.4) is 0 Å². The fourth-order valence-electron chi connectivity index (χ4n) is 2.26. The topological polar surface area (TPSA) is 54.9 Å². The molecule has 17 heavy (non-hydrogen) atoms. The van der Waals surface area contributed by atoms with Crippen molar-refractivity contribution in [2.24, 2.45) is 5.92 Å². The van der Waals surface area contributed by atoms with Gasteiger partial charge < -0.3 is 5.32 Å². The summed E-state index contributed by atoms with van der Waals surface area (Å²) in [6.45, 7) is 1.99. The lowest BCUT2D eigenvalue weighted by Gasteiger charge is -2.18. The van der Waals surface area contributed by atoms with Crippen molar-refractivity contribution in [2.75, 3.05) is 5.33 Å². The van der Waals surface area contributed by atoms with Crippen molar-refractivity contribution in [3.8, 4) is 0 Å². The first-order chi connectivity index (χ1) is 8.26. The molecule has 1 aliphatic carbocycles. The summed E-state index contributed by atoms with van der Waals surface area (Å²) in [7, 11) is 0. The van der Waals surface area contributed by atoms with Crippen LogP contribution < -0.4 is 5.32 Å². The highest BCUT2D eigenvalue weighted by atomic mass is 79.9. The van der Waals surface area contributed by atoms with Gasteiger partial charge in [-0.25, -0.2) is 0 Å². The molecule has 1 fully saturated rings. The zero-order valence-electron chi connectivity index (χ0n) is 9.78. The summed E-state index contributed by atoms with van der Waals surface area (Å²) in [5.41, 5.74) is 0.806. The minimum Gasteiger partial charge on any atom is -0.348 e. The van der Waals surface area contributed by atoms with Crippen molar-refractivity contribution in [1.29, 1.82) is 0 Å². The Kier molecular flexibility index (Phi) is 4.50. The molecule has 0 bridgehead atoms. The average Bonchev–Trinajstić information content (AvgIpc) is 2.96. The molecule has 1 aliphatic rings. The summed E-state index contributed by atoms with van der Waals surface area (Å²) in [6, 6.07) is 0.300. The Morgan fingerprint density at radius 1 is 1.59 bits per heavy atom. The maximum atomic E-state index is 12.1. The summed E-state index contributed by atoms with van der Waals surface area (Å²) in [4.78, 5) is 12.8. The van der Waals surface area contributed by atoms with E-state index < -0.39 is 0 Å². The van der Waals surface area contributed by atoms with Gasteiger partial charge in [0.2, 0.25) is 0 Å². The van der Waals surface area contributed by atoms with Gasteiger partial charge in [-0.15, -0.1) is 5.10 Å². The average molecular weight is 318 g/mol. The largest absolute Gasteiger partial charge is 0.348 e. The van der Waals surface area contributed by atoms with Gasteiger partial charge in [-0.3, -0.25) is 4.79 Å². The van der Waals surface area contributed by atoms with E-state index in [9.17, 15) is 4.79 Å². The van der Waals surface area contributed by atoms with Crippen molar-refractivity contribution in [1.82, 2.24) is 14.9 Å². The zero-order chi connectivity index (χ0) is 12.3. The number of nitrogens with zero attached hydrogens (tertiary/aromatic N) is 2. The molecule has 4 nitrogen and oxygen atoms in total. The SMILES string of the molecule is CCc1nnsc1C(=O)NC1CCCC1CBr. The molecule has 2 atom stereocenters.